The van der Waals surface area contributed by atoms with Crippen molar-refractivity contribution in [2.45, 2.75) is 39.7 Å². The lowest BCUT2D eigenvalue weighted by molar-refractivity contribution is 0.149. The van der Waals surface area contributed by atoms with Crippen molar-refractivity contribution in [3.63, 3.8) is 0 Å². The fraction of sp³-hybridized carbons (Fsp3) is 0.600. The van der Waals surface area contributed by atoms with E-state index >= 15 is 0 Å². The van der Waals surface area contributed by atoms with Gasteiger partial charge in [-0.1, -0.05) is 30.7 Å². The predicted octanol–water partition coefficient (Wildman–Crippen LogP) is 2.35. The smallest absolute Gasteiger partial charge is 0.0488 e. The summed E-state index contributed by atoms with van der Waals surface area (Å²) in [6, 6.07) is 6.88. The maximum atomic E-state index is 5.66. The van der Waals surface area contributed by atoms with Crippen molar-refractivity contribution in [1.82, 2.24) is 5.43 Å². The molecule has 0 fully saturated rings. The van der Waals surface area contributed by atoms with Gasteiger partial charge >= 0.3 is 0 Å². The predicted molar refractivity (Wildman–Crippen MR) is 76.4 cm³/mol. The summed E-state index contributed by atoms with van der Waals surface area (Å²) in [6.07, 6.45) is 2.00. The van der Waals surface area contributed by atoms with Crippen molar-refractivity contribution >= 4 is 0 Å². The van der Waals surface area contributed by atoms with E-state index in [0.717, 1.165) is 19.4 Å². The molecule has 0 aliphatic rings. The van der Waals surface area contributed by atoms with Gasteiger partial charge < -0.3 is 4.74 Å². The Morgan fingerprint density at radius 3 is 2.67 bits per heavy atom. The number of hydrogen-bond acceptors (Lipinski definition) is 3. The van der Waals surface area contributed by atoms with E-state index in [1.165, 1.54) is 16.7 Å². The van der Waals surface area contributed by atoms with E-state index in [0.29, 0.717) is 12.0 Å². The van der Waals surface area contributed by atoms with E-state index in [2.05, 4.69) is 44.4 Å². The maximum absolute atomic E-state index is 5.66. The number of hydrazine groups is 1. The second kappa shape index (κ2) is 7.52. The van der Waals surface area contributed by atoms with Crippen LogP contribution >= 0.6 is 0 Å². The maximum Gasteiger partial charge on any atom is 0.0488 e. The van der Waals surface area contributed by atoms with Crippen LogP contribution in [-0.4, -0.2) is 19.8 Å². The minimum Gasteiger partial charge on any atom is -0.384 e. The molecule has 0 heterocycles. The van der Waals surface area contributed by atoms with Crippen molar-refractivity contribution in [2.75, 3.05) is 13.7 Å². The number of benzene rings is 1. The summed E-state index contributed by atoms with van der Waals surface area (Å²) in [6.45, 7) is 7.25. The van der Waals surface area contributed by atoms with Gasteiger partial charge in [0, 0.05) is 19.8 Å². The van der Waals surface area contributed by atoms with Crippen LogP contribution in [-0.2, 0) is 11.2 Å². The van der Waals surface area contributed by atoms with Gasteiger partial charge in [-0.15, -0.1) is 0 Å². The number of aryl methyl sites for hydroxylation is 2. The number of rotatable bonds is 7. The fourth-order valence-corrected chi connectivity index (χ4v) is 2.33. The molecule has 3 N–H and O–H groups in total. The van der Waals surface area contributed by atoms with Crippen molar-refractivity contribution in [2.24, 2.45) is 11.8 Å². The van der Waals surface area contributed by atoms with Crippen LogP contribution in [0.5, 0.6) is 0 Å². The first-order chi connectivity index (χ1) is 8.56. The lowest BCUT2D eigenvalue weighted by Gasteiger charge is -2.21. The molecule has 0 radical (unpaired) electrons. The molecule has 0 saturated heterocycles. The van der Waals surface area contributed by atoms with Crippen LogP contribution in [0.1, 0.15) is 30.0 Å². The second-order valence-corrected chi connectivity index (χ2v) is 5.29. The monoisotopic (exact) mass is 250 g/mol. The third-order valence-electron chi connectivity index (χ3n) is 3.34. The molecule has 0 aromatic heterocycles. The van der Waals surface area contributed by atoms with Crippen LogP contribution in [0.15, 0.2) is 18.2 Å². The Balaban J connectivity index is 2.64. The van der Waals surface area contributed by atoms with Gasteiger partial charge in [0.2, 0.25) is 0 Å². The van der Waals surface area contributed by atoms with E-state index in [-0.39, 0.29) is 0 Å². The number of methoxy groups -OCH3 is 1. The van der Waals surface area contributed by atoms with Gasteiger partial charge in [-0.3, -0.25) is 11.3 Å². The molecule has 3 heteroatoms. The van der Waals surface area contributed by atoms with Crippen molar-refractivity contribution in [3.8, 4) is 0 Å². The Morgan fingerprint density at radius 2 is 2.06 bits per heavy atom. The first kappa shape index (κ1) is 15.2. The first-order valence-corrected chi connectivity index (χ1v) is 6.58. The highest BCUT2D eigenvalue weighted by molar-refractivity contribution is 5.31. The normalized spacial score (nSPS) is 14.5. The van der Waals surface area contributed by atoms with Gasteiger partial charge in [0.1, 0.15) is 0 Å². The van der Waals surface area contributed by atoms with Crippen LogP contribution in [0, 0.1) is 19.8 Å². The molecule has 0 aliphatic heterocycles. The lowest BCUT2D eigenvalue weighted by Crippen LogP contribution is -2.38. The standard InChI is InChI=1S/C15H26N2O/c1-11-5-6-13(3)14(7-11)9-15(17-16)8-12(2)10-18-4/h5-7,12,15,17H,8-10,16H2,1-4H3. The average Bonchev–Trinajstić information content (AvgIpc) is 2.33. The molecule has 2 atom stereocenters. The Morgan fingerprint density at radius 1 is 1.33 bits per heavy atom. The summed E-state index contributed by atoms with van der Waals surface area (Å²) in [5, 5.41) is 0. The zero-order valence-corrected chi connectivity index (χ0v) is 12.0. The van der Waals surface area contributed by atoms with E-state index in [4.69, 9.17) is 10.6 Å². The van der Waals surface area contributed by atoms with Crippen LogP contribution < -0.4 is 11.3 Å². The van der Waals surface area contributed by atoms with Crippen molar-refractivity contribution in [1.29, 1.82) is 0 Å². The molecule has 0 amide bonds. The number of hydrogen-bond donors (Lipinski definition) is 2. The molecule has 0 saturated carbocycles. The van der Waals surface area contributed by atoms with Crippen LogP contribution in [0.2, 0.25) is 0 Å². The number of nitrogens with one attached hydrogen (secondary N) is 1. The van der Waals surface area contributed by atoms with Gasteiger partial charge in [-0.25, -0.2) is 0 Å². The summed E-state index contributed by atoms with van der Waals surface area (Å²) in [5.74, 6) is 6.18. The minimum absolute atomic E-state index is 0.302. The third-order valence-corrected chi connectivity index (χ3v) is 3.34. The molecule has 3 nitrogen and oxygen atoms in total. The van der Waals surface area contributed by atoms with Crippen molar-refractivity contribution < 1.29 is 4.74 Å². The molecule has 1 aromatic carbocycles. The Labute approximate surface area is 111 Å². The molecule has 1 aromatic rings. The molecular weight excluding hydrogens is 224 g/mol. The van der Waals surface area contributed by atoms with Gasteiger partial charge in [-0.2, -0.15) is 0 Å². The van der Waals surface area contributed by atoms with Gasteiger partial charge in [0.05, 0.1) is 0 Å². The lowest BCUT2D eigenvalue weighted by atomic mass is 9.94. The molecule has 1 rings (SSSR count). The Bertz CT molecular complexity index is 366. The number of nitrogens with two attached hydrogens (primary N) is 1. The Kier molecular flexibility index (Phi) is 6.33. The van der Waals surface area contributed by atoms with E-state index < -0.39 is 0 Å². The van der Waals surface area contributed by atoms with Crippen LogP contribution in [0.4, 0.5) is 0 Å². The second-order valence-electron chi connectivity index (χ2n) is 5.29. The van der Waals surface area contributed by atoms with Gasteiger partial charge in [-0.05, 0) is 43.7 Å². The van der Waals surface area contributed by atoms with E-state index in [1.54, 1.807) is 7.11 Å². The molecule has 18 heavy (non-hydrogen) atoms. The first-order valence-electron chi connectivity index (χ1n) is 6.58. The van der Waals surface area contributed by atoms with Crippen molar-refractivity contribution in [3.05, 3.63) is 34.9 Å². The fourth-order valence-electron chi connectivity index (χ4n) is 2.33. The van der Waals surface area contributed by atoms with Gasteiger partial charge in [0.25, 0.3) is 0 Å². The summed E-state index contributed by atoms with van der Waals surface area (Å²) in [5.41, 5.74) is 6.94. The summed E-state index contributed by atoms with van der Waals surface area (Å²) < 4.78 is 5.17. The third kappa shape index (κ3) is 4.77. The summed E-state index contributed by atoms with van der Waals surface area (Å²) >= 11 is 0. The van der Waals surface area contributed by atoms with Crippen LogP contribution in [0.3, 0.4) is 0 Å². The molecular formula is C15H26N2O. The van der Waals surface area contributed by atoms with E-state index in [1.807, 2.05) is 0 Å². The minimum atomic E-state index is 0.302. The van der Waals surface area contributed by atoms with E-state index in [9.17, 15) is 0 Å². The zero-order valence-electron chi connectivity index (χ0n) is 12.0. The SMILES string of the molecule is COCC(C)CC(Cc1cc(C)ccc1C)NN. The largest absolute Gasteiger partial charge is 0.384 e. The van der Waals surface area contributed by atoms with Crippen LogP contribution in [0.25, 0.3) is 0 Å². The number of ether oxygens (including phenoxy) is 1. The zero-order chi connectivity index (χ0) is 13.5. The Hall–Kier alpha value is -0.900. The highest BCUT2D eigenvalue weighted by atomic mass is 16.5. The summed E-state index contributed by atoms with van der Waals surface area (Å²) in [7, 11) is 1.74. The molecule has 102 valence electrons. The average molecular weight is 250 g/mol. The topological polar surface area (TPSA) is 47.3 Å². The highest BCUT2D eigenvalue weighted by Gasteiger charge is 2.13. The van der Waals surface area contributed by atoms with Gasteiger partial charge in [0.15, 0.2) is 0 Å². The molecule has 0 spiro atoms. The molecule has 2 unspecified atom stereocenters. The molecule has 0 aliphatic carbocycles. The quantitative estimate of drug-likeness (QED) is 0.577. The highest BCUT2D eigenvalue weighted by Crippen LogP contribution is 2.16. The summed E-state index contributed by atoms with van der Waals surface area (Å²) in [4.78, 5) is 0. The molecule has 0 bridgehead atoms.